The summed E-state index contributed by atoms with van der Waals surface area (Å²) in [7, 11) is 0. The Hall–Kier alpha value is -1.34. The van der Waals surface area contributed by atoms with Gasteiger partial charge in [0, 0.05) is 24.4 Å². The lowest BCUT2D eigenvalue weighted by Gasteiger charge is -2.20. The van der Waals surface area contributed by atoms with Crippen molar-refractivity contribution in [2.45, 2.75) is 26.2 Å². The molecule has 0 aromatic rings. The van der Waals surface area contributed by atoms with E-state index in [0.717, 1.165) is 17.7 Å². The summed E-state index contributed by atoms with van der Waals surface area (Å²) in [6, 6.07) is 0. The zero-order valence-electron chi connectivity index (χ0n) is 8.53. The molecule has 74 valence electrons. The van der Waals surface area contributed by atoms with Gasteiger partial charge >= 0.3 is 0 Å². The molecular formula is C11H15N3. The van der Waals surface area contributed by atoms with Crippen LogP contribution in [0.5, 0.6) is 0 Å². The lowest BCUT2D eigenvalue weighted by atomic mass is 10.0. The van der Waals surface area contributed by atoms with Crippen LogP contribution in [0.4, 0.5) is 0 Å². The Balaban J connectivity index is 2.17. The predicted molar refractivity (Wildman–Crippen MR) is 55.9 cm³/mol. The third kappa shape index (κ3) is 1.64. The minimum absolute atomic E-state index is 0.755. The predicted octanol–water partition coefficient (Wildman–Crippen LogP) is 1.99. The van der Waals surface area contributed by atoms with E-state index in [-0.39, 0.29) is 0 Å². The van der Waals surface area contributed by atoms with E-state index < -0.39 is 0 Å². The van der Waals surface area contributed by atoms with Gasteiger partial charge in [0.15, 0.2) is 0 Å². The topological polar surface area (TPSA) is 39.6 Å². The molecule has 1 saturated heterocycles. The van der Waals surface area contributed by atoms with E-state index in [1.807, 2.05) is 6.92 Å². The Kier molecular flexibility index (Phi) is 2.51. The van der Waals surface area contributed by atoms with Crippen LogP contribution in [0.15, 0.2) is 23.4 Å². The van der Waals surface area contributed by atoms with Crippen LogP contribution in [0.3, 0.4) is 0 Å². The zero-order valence-corrected chi connectivity index (χ0v) is 8.53. The van der Waals surface area contributed by atoms with Crippen LogP contribution in [-0.4, -0.2) is 28.5 Å². The Morgan fingerprint density at radius 1 is 1.36 bits per heavy atom. The molecule has 14 heavy (non-hydrogen) atoms. The van der Waals surface area contributed by atoms with Crippen molar-refractivity contribution in [3.05, 3.63) is 29.0 Å². The average Bonchev–Trinajstić information content (AvgIpc) is 2.70. The van der Waals surface area contributed by atoms with Gasteiger partial charge in [0.2, 0.25) is 0 Å². The van der Waals surface area contributed by atoms with Crippen LogP contribution in [0, 0.1) is 0 Å². The quantitative estimate of drug-likeness (QED) is 0.459. The molecule has 0 radical (unpaired) electrons. The number of nitrogens with zero attached hydrogens (tertiary/aromatic N) is 3. The molecule has 0 spiro atoms. The fourth-order valence-corrected chi connectivity index (χ4v) is 2.04. The largest absolute Gasteiger partial charge is 0.372 e. The lowest BCUT2D eigenvalue weighted by molar-refractivity contribution is -0.00653. The number of allylic oxidation sites excluding steroid dienone is 3. The molecule has 0 aromatic carbocycles. The zero-order chi connectivity index (χ0) is 9.97. The summed E-state index contributed by atoms with van der Waals surface area (Å²) in [4.78, 5) is 5.68. The molecule has 3 heteroatoms. The summed E-state index contributed by atoms with van der Waals surface area (Å²) in [6.45, 7) is 4.33. The van der Waals surface area contributed by atoms with Crippen molar-refractivity contribution in [1.82, 2.24) is 4.90 Å². The van der Waals surface area contributed by atoms with Gasteiger partial charge in [0.1, 0.15) is 0 Å². The molecular weight excluding hydrogens is 174 g/mol. The van der Waals surface area contributed by atoms with Crippen LogP contribution in [-0.2, 0) is 0 Å². The molecule has 0 amide bonds. The number of likely N-dealkylation sites (tertiary alicyclic amines) is 1. The Labute approximate surface area is 84.3 Å². The van der Waals surface area contributed by atoms with Gasteiger partial charge in [0.25, 0.3) is 5.71 Å². The molecule has 1 aliphatic carbocycles. The van der Waals surface area contributed by atoms with Gasteiger partial charge in [-0.25, -0.2) is 0 Å². The van der Waals surface area contributed by atoms with E-state index in [1.165, 1.54) is 31.6 Å². The van der Waals surface area contributed by atoms with Gasteiger partial charge in [-0.2, -0.15) is 4.79 Å². The Bertz CT molecular complexity index is 340. The fourth-order valence-electron chi connectivity index (χ4n) is 2.04. The van der Waals surface area contributed by atoms with Gasteiger partial charge in [0.05, 0.1) is 6.42 Å². The van der Waals surface area contributed by atoms with Crippen LogP contribution in [0.2, 0.25) is 0 Å². The van der Waals surface area contributed by atoms with Crippen LogP contribution < -0.4 is 0 Å². The standard InChI is InChI=1S/C11H15N3/c1-9-8-10(4-5-11(9)13-12)14-6-2-3-7-14/h4,8H,2-3,5-7H2,1H3. The van der Waals surface area contributed by atoms with Crippen molar-refractivity contribution in [2.75, 3.05) is 13.1 Å². The average molecular weight is 189 g/mol. The molecule has 0 atom stereocenters. The maximum absolute atomic E-state index is 8.72. The summed E-state index contributed by atoms with van der Waals surface area (Å²) in [5.74, 6) is 0. The van der Waals surface area contributed by atoms with Gasteiger partial charge in [-0.1, -0.05) is 0 Å². The maximum atomic E-state index is 8.72. The molecule has 2 rings (SSSR count). The molecule has 1 aliphatic heterocycles. The second-order valence-corrected chi connectivity index (χ2v) is 3.90. The van der Waals surface area contributed by atoms with E-state index >= 15 is 0 Å². The molecule has 1 fully saturated rings. The lowest BCUT2D eigenvalue weighted by Crippen LogP contribution is -2.20. The van der Waals surface area contributed by atoms with Gasteiger partial charge in [-0.15, -0.1) is 0 Å². The second kappa shape index (κ2) is 3.81. The van der Waals surface area contributed by atoms with E-state index in [1.54, 1.807) is 0 Å². The minimum Gasteiger partial charge on any atom is -0.372 e. The van der Waals surface area contributed by atoms with Crippen molar-refractivity contribution in [3.8, 4) is 0 Å². The normalized spacial score (nSPS) is 21.8. The highest BCUT2D eigenvalue weighted by atomic mass is 15.1. The fraction of sp³-hybridized carbons (Fsp3) is 0.545. The number of rotatable bonds is 1. The van der Waals surface area contributed by atoms with E-state index in [4.69, 9.17) is 5.53 Å². The summed E-state index contributed by atoms with van der Waals surface area (Å²) >= 11 is 0. The first-order chi connectivity index (χ1) is 6.81. The third-order valence-electron chi connectivity index (χ3n) is 2.92. The number of hydrogen-bond donors (Lipinski definition) is 0. The summed E-state index contributed by atoms with van der Waals surface area (Å²) in [5.41, 5.74) is 11.9. The summed E-state index contributed by atoms with van der Waals surface area (Å²) < 4.78 is 0. The van der Waals surface area contributed by atoms with Crippen LogP contribution >= 0.6 is 0 Å². The molecule has 0 unspecified atom stereocenters. The van der Waals surface area contributed by atoms with Gasteiger partial charge in [-0.05, 0) is 31.9 Å². The highest BCUT2D eigenvalue weighted by molar-refractivity contribution is 5.97. The van der Waals surface area contributed by atoms with Gasteiger partial charge < -0.3 is 10.4 Å². The first kappa shape index (κ1) is 9.22. The molecule has 0 saturated carbocycles. The molecule has 2 aliphatic rings. The summed E-state index contributed by atoms with van der Waals surface area (Å²) in [5, 5.41) is 0. The minimum atomic E-state index is 0.755. The van der Waals surface area contributed by atoms with Crippen molar-refractivity contribution < 1.29 is 4.79 Å². The van der Waals surface area contributed by atoms with E-state index in [0.29, 0.717) is 0 Å². The first-order valence-corrected chi connectivity index (χ1v) is 5.16. The highest BCUT2D eigenvalue weighted by Crippen LogP contribution is 2.21. The van der Waals surface area contributed by atoms with Crippen molar-refractivity contribution in [1.29, 1.82) is 0 Å². The Morgan fingerprint density at radius 3 is 2.64 bits per heavy atom. The Morgan fingerprint density at radius 2 is 2.07 bits per heavy atom. The number of hydrogen-bond acceptors (Lipinski definition) is 1. The third-order valence-corrected chi connectivity index (χ3v) is 2.92. The van der Waals surface area contributed by atoms with E-state index in [2.05, 4.69) is 21.8 Å². The monoisotopic (exact) mass is 189 g/mol. The smallest absolute Gasteiger partial charge is 0.298 e. The van der Waals surface area contributed by atoms with Crippen LogP contribution in [0.25, 0.3) is 5.53 Å². The van der Waals surface area contributed by atoms with Crippen LogP contribution in [0.1, 0.15) is 26.2 Å². The van der Waals surface area contributed by atoms with Crippen molar-refractivity contribution in [3.63, 3.8) is 0 Å². The van der Waals surface area contributed by atoms with E-state index in [9.17, 15) is 0 Å². The second-order valence-electron chi connectivity index (χ2n) is 3.90. The first-order valence-electron chi connectivity index (χ1n) is 5.16. The SMILES string of the molecule is CC1=CC(N2CCCC2)=CCC1=[N+]=[N-]. The van der Waals surface area contributed by atoms with Gasteiger partial charge in [-0.3, -0.25) is 0 Å². The summed E-state index contributed by atoms with van der Waals surface area (Å²) in [6.07, 6.45) is 7.61. The highest BCUT2D eigenvalue weighted by Gasteiger charge is 2.20. The van der Waals surface area contributed by atoms with Crippen molar-refractivity contribution in [2.24, 2.45) is 0 Å². The molecule has 0 N–H and O–H groups in total. The molecule has 0 bridgehead atoms. The molecule has 0 aromatic heterocycles. The maximum Gasteiger partial charge on any atom is 0.298 e. The molecule has 3 nitrogen and oxygen atoms in total. The van der Waals surface area contributed by atoms with Crippen molar-refractivity contribution >= 4 is 5.71 Å². The molecule has 1 heterocycles.